The SMILES string of the molecule is Cc1ccc(F)c(NCCCN(C)C)c1F. The van der Waals surface area contributed by atoms with Gasteiger partial charge in [-0.2, -0.15) is 0 Å². The van der Waals surface area contributed by atoms with Gasteiger partial charge in [-0.3, -0.25) is 0 Å². The van der Waals surface area contributed by atoms with E-state index in [-0.39, 0.29) is 5.69 Å². The average molecular weight is 228 g/mol. The quantitative estimate of drug-likeness (QED) is 0.779. The molecule has 0 bridgehead atoms. The second-order valence-corrected chi connectivity index (χ2v) is 4.14. The van der Waals surface area contributed by atoms with Crippen LogP contribution in [0, 0.1) is 18.6 Å². The van der Waals surface area contributed by atoms with Gasteiger partial charge < -0.3 is 10.2 Å². The molecule has 16 heavy (non-hydrogen) atoms. The highest BCUT2D eigenvalue weighted by molar-refractivity contribution is 5.48. The van der Waals surface area contributed by atoms with Gasteiger partial charge in [-0.1, -0.05) is 6.07 Å². The molecular weight excluding hydrogens is 210 g/mol. The molecule has 0 aliphatic heterocycles. The molecule has 0 saturated carbocycles. The zero-order valence-electron chi connectivity index (χ0n) is 9.98. The van der Waals surface area contributed by atoms with Crippen molar-refractivity contribution in [1.82, 2.24) is 4.90 Å². The molecule has 1 aromatic rings. The van der Waals surface area contributed by atoms with Crippen LogP contribution in [0.4, 0.5) is 14.5 Å². The first kappa shape index (κ1) is 12.9. The molecule has 0 aliphatic carbocycles. The summed E-state index contributed by atoms with van der Waals surface area (Å²) in [7, 11) is 3.93. The molecule has 0 fully saturated rings. The van der Waals surface area contributed by atoms with Crippen LogP contribution in [0.1, 0.15) is 12.0 Å². The fourth-order valence-corrected chi connectivity index (χ4v) is 1.43. The molecule has 1 N–H and O–H groups in total. The number of halogens is 2. The van der Waals surface area contributed by atoms with Crippen molar-refractivity contribution >= 4 is 5.69 Å². The Labute approximate surface area is 95.3 Å². The zero-order chi connectivity index (χ0) is 12.1. The Kier molecular flexibility index (Phi) is 4.68. The van der Waals surface area contributed by atoms with Gasteiger partial charge in [-0.15, -0.1) is 0 Å². The maximum atomic E-state index is 13.5. The summed E-state index contributed by atoms with van der Waals surface area (Å²) in [6, 6.07) is 2.72. The second-order valence-electron chi connectivity index (χ2n) is 4.14. The molecule has 0 unspecified atom stereocenters. The third kappa shape index (κ3) is 3.45. The van der Waals surface area contributed by atoms with Crippen LogP contribution >= 0.6 is 0 Å². The maximum absolute atomic E-state index is 13.5. The number of benzene rings is 1. The number of hydrogen-bond donors (Lipinski definition) is 1. The topological polar surface area (TPSA) is 15.3 Å². The highest BCUT2D eigenvalue weighted by Gasteiger charge is 2.10. The van der Waals surface area contributed by atoms with E-state index in [1.54, 1.807) is 6.92 Å². The molecule has 2 nitrogen and oxygen atoms in total. The smallest absolute Gasteiger partial charge is 0.152 e. The Balaban J connectivity index is 2.56. The van der Waals surface area contributed by atoms with E-state index in [0.29, 0.717) is 12.1 Å². The third-order valence-corrected chi connectivity index (χ3v) is 2.37. The number of nitrogens with one attached hydrogen (secondary N) is 1. The standard InChI is InChI=1S/C12H18F2N2/c1-9-5-6-10(13)12(11(9)14)15-7-4-8-16(2)3/h5-6,15H,4,7-8H2,1-3H3. The van der Waals surface area contributed by atoms with E-state index in [1.807, 2.05) is 19.0 Å². The molecule has 0 radical (unpaired) electrons. The number of rotatable bonds is 5. The fourth-order valence-electron chi connectivity index (χ4n) is 1.43. The molecule has 0 heterocycles. The maximum Gasteiger partial charge on any atom is 0.152 e. The third-order valence-electron chi connectivity index (χ3n) is 2.37. The van der Waals surface area contributed by atoms with E-state index in [1.165, 1.54) is 12.1 Å². The molecule has 0 aliphatic rings. The Morgan fingerprint density at radius 1 is 1.25 bits per heavy atom. The average Bonchev–Trinajstić information content (AvgIpc) is 2.22. The highest BCUT2D eigenvalue weighted by atomic mass is 19.1. The predicted molar refractivity (Wildman–Crippen MR) is 62.8 cm³/mol. The lowest BCUT2D eigenvalue weighted by Crippen LogP contribution is -2.17. The normalized spacial score (nSPS) is 10.9. The van der Waals surface area contributed by atoms with Crippen molar-refractivity contribution in [3.05, 3.63) is 29.3 Å². The summed E-state index contributed by atoms with van der Waals surface area (Å²) in [5.74, 6) is -1.03. The molecule has 0 spiro atoms. The molecule has 1 aromatic carbocycles. The van der Waals surface area contributed by atoms with Gasteiger partial charge in [0.25, 0.3) is 0 Å². The predicted octanol–water partition coefficient (Wildman–Crippen LogP) is 2.64. The Morgan fingerprint density at radius 3 is 2.56 bits per heavy atom. The van der Waals surface area contributed by atoms with Crippen molar-refractivity contribution in [2.24, 2.45) is 0 Å². The number of nitrogens with zero attached hydrogens (tertiary/aromatic N) is 1. The molecule has 0 aromatic heterocycles. The van der Waals surface area contributed by atoms with Crippen molar-refractivity contribution in [1.29, 1.82) is 0 Å². The minimum atomic E-state index is -0.534. The van der Waals surface area contributed by atoms with Crippen molar-refractivity contribution in [3.8, 4) is 0 Å². The molecule has 0 atom stereocenters. The van der Waals surface area contributed by atoms with Gasteiger partial charge >= 0.3 is 0 Å². The monoisotopic (exact) mass is 228 g/mol. The van der Waals surface area contributed by atoms with Gasteiger partial charge in [0, 0.05) is 6.54 Å². The van der Waals surface area contributed by atoms with Gasteiger partial charge in [-0.05, 0) is 45.6 Å². The summed E-state index contributed by atoms with van der Waals surface area (Å²) in [4.78, 5) is 2.03. The lowest BCUT2D eigenvalue weighted by molar-refractivity contribution is 0.405. The van der Waals surface area contributed by atoms with Crippen molar-refractivity contribution < 1.29 is 8.78 Å². The van der Waals surface area contributed by atoms with Crippen LogP contribution in [-0.4, -0.2) is 32.1 Å². The summed E-state index contributed by atoms with van der Waals surface area (Å²) in [6.07, 6.45) is 0.847. The molecule has 0 amide bonds. The van der Waals surface area contributed by atoms with E-state index < -0.39 is 11.6 Å². The van der Waals surface area contributed by atoms with E-state index in [4.69, 9.17) is 0 Å². The van der Waals surface area contributed by atoms with E-state index in [9.17, 15) is 8.78 Å². The van der Waals surface area contributed by atoms with Crippen LogP contribution < -0.4 is 5.32 Å². The van der Waals surface area contributed by atoms with Crippen molar-refractivity contribution in [2.75, 3.05) is 32.5 Å². The summed E-state index contributed by atoms with van der Waals surface area (Å²) < 4.78 is 26.8. The number of hydrogen-bond acceptors (Lipinski definition) is 2. The van der Waals surface area contributed by atoms with Crippen LogP contribution in [0.15, 0.2) is 12.1 Å². The minimum Gasteiger partial charge on any atom is -0.380 e. The lowest BCUT2D eigenvalue weighted by atomic mass is 10.2. The van der Waals surface area contributed by atoms with Crippen LogP contribution in [-0.2, 0) is 0 Å². The summed E-state index contributed by atoms with van der Waals surface area (Å²) in [5, 5.41) is 2.80. The second kappa shape index (κ2) is 5.80. The number of aryl methyl sites for hydroxylation is 1. The Hall–Kier alpha value is -1.16. The van der Waals surface area contributed by atoms with E-state index in [0.717, 1.165) is 13.0 Å². The van der Waals surface area contributed by atoms with Gasteiger partial charge in [0.2, 0.25) is 0 Å². The van der Waals surface area contributed by atoms with Crippen LogP contribution in [0.2, 0.25) is 0 Å². The highest BCUT2D eigenvalue weighted by Crippen LogP contribution is 2.21. The molecular formula is C12H18F2N2. The molecule has 0 saturated heterocycles. The lowest BCUT2D eigenvalue weighted by Gasteiger charge is -2.12. The van der Waals surface area contributed by atoms with Crippen molar-refractivity contribution in [3.63, 3.8) is 0 Å². The van der Waals surface area contributed by atoms with E-state index >= 15 is 0 Å². The van der Waals surface area contributed by atoms with Gasteiger partial charge in [0.1, 0.15) is 11.5 Å². The van der Waals surface area contributed by atoms with Crippen LogP contribution in [0.5, 0.6) is 0 Å². The minimum absolute atomic E-state index is 0.0150. The fraction of sp³-hybridized carbons (Fsp3) is 0.500. The molecule has 1 rings (SSSR count). The molecule has 90 valence electrons. The number of anilines is 1. The van der Waals surface area contributed by atoms with Gasteiger partial charge in [-0.25, -0.2) is 8.78 Å². The van der Waals surface area contributed by atoms with Crippen LogP contribution in [0.25, 0.3) is 0 Å². The Bertz CT molecular complexity index is 351. The summed E-state index contributed by atoms with van der Waals surface area (Å²) in [6.45, 7) is 3.08. The molecule has 4 heteroatoms. The zero-order valence-corrected chi connectivity index (χ0v) is 9.98. The first-order chi connectivity index (χ1) is 7.52. The van der Waals surface area contributed by atoms with Crippen molar-refractivity contribution in [2.45, 2.75) is 13.3 Å². The summed E-state index contributed by atoms with van der Waals surface area (Å²) in [5.41, 5.74) is 0.440. The largest absolute Gasteiger partial charge is 0.380 e. The Morgan fingerprint density at radius 2 is 1.94 bits per heavy atom. The first-order valence-electron chi connectivity index (χ1n) is 5.35. The van der Waals surface area contributed by atoms with E-state index in [2.05, 4.69) is 5.32 Å². The van der Waals surface area contributed by atoms with Crippen LogP contribution in [0.3, 0.4) is 0 Å². The van der Waals surface area contributed by atoms with Gasteiger partial charge in [0.15, 0.2) is 5.82 Å². The summed E-state index contributed by atoms with van der Waals surface area (Å²) >= 11 is 0. The van der Waals surface area contributed by atoms with Gasteiger partial charge in [0.05, 0.1) is 0 Å². The first-order valence-corrected chi connectivity index (χ1v) is 5.35.